The molecule has 1 saturated heterocycles. The van der Waals surface area contributed by atoms with Gasteiger partial charge in [-0.2, -0.15) is 0 Å². The Labute approximate surface area is 117 Å². The fourth-order valence-electron chi connectivity index (χ4n) is 2.54. The zero-order valence-corrected chi connectivity index (χ0v) is 12.2. The molecule has 2 rings (SSSR count). The lowest BCUT2D eigenvalue weighted by molar-refractivity contribution is -0.118. The highest BCUT2D eigenvalue weighted by atomic mass is 32.1. The lowest BCUT2D eigenvalue weighted by Crippen LogP contribution is -2.44. The Morgan fingerprint density at radius 2 is 2.21 bits per heavy atom. The van der Waals surface area contributed by atoms with Crippen molar-refractivity contribution in [2.24, 2.45) is 0 Å². The quantitative estimate of drug-likeness (QED) is 0.847. The van der Waals surface area contributed by atoms with E-state index in [9.17, 15) is 9.59 Å². The highest BCUT2D eigenvalue weighted by Gasteiger charge is 2.30. The summed E-state index contributed by atoms with van der Waals surface area (Å²) < 4.78 is 3.87. The van der Waals surface area contributed by atoms with Crippen molar-refractivity contribution in [2.75, 3.05) is 6.54 Å². The van der Waals surface area contributed by atoms with Crippen molar-refractivity contribution in [2.45, 2.75) is 52.0 Å². The number of carbonyl (C=O) groups excluding carboxylic acids is 2. The van der Waals surface area contributed by atoms with E-state index >= 15 is 0 Å². The lowest BCUT2D eigenvalue weighted by Gasteiger charge is -2.35. The van der Waals surface area contributed by atoms with E-state index in [1.165, 1.54) is 0 Å². The van der Waals surface area contributed by atoms with Crippen LogP contribution in [0.4, 0.5) is 0 Å². The van der Waals surface area contributed by atoms with Gasteiger partial charge >= 0.3 is 0 Å². The van der Waals surface area contributed by atoms with Gasteiger partial charge in [0.1, 0.15) is 10.7 Å². The van der Waals surface area contributed by atoms with E-state index in [0.717, 1.165) is 43.0 Å². The number of piperidine rings is 1. The maximum absolute atomic E-state index is 12.6. The van der Waals surface area contributed by atoms with Gasteiger partial charge in [0.2, 0.25) is 0 Å². The van der Waals surface area contributed by atoms with E-state index in [2.05, 4.69) is 9.59 Å². The number of aromatic nitrogens is 2. The Morgan fingerprint density at radius 3 is 2.89 bits per heavy atom. The molecule has 5 nitrogen and oxygen atoms in total. The van der Waals surface area contributed by atoms with Gasteiger partial charge in [0, 0.05) is 19.0 Å². The van der Waals surface area contributed by atoms with E-state index in [-0.39, 0.29) is 17.7 Å². The number of hydrogen-bond acceptors (Lipinski definition) is 5. The first-order valence-electron chi connectivity index (χ1n) is 6.75. The summed E-state index contributed by atoms with van der Waals surface area (Å²) in [4.78, 5) is 26.4. The average Bonchev–Trinajstić information content (AvgIpc) is 2.86. The van der Waals surface area contributed by atoms with Gasteiger partial charge in [-0.3, -0.25) is 9.59 Å². The van der Waals surface area contributed by atoms with Crippen LogP contribution in [0.3, 0.4) is 0 Å². The molecule has 19 heavy (non-hydrogen) atoms. The number of aryl methyl sites for hydroxylation is 1. The van der Waals surface area contributed by atoms with Crippen LogP contribution in [0.25, 0.3) is 0 Å². The van der Waals surface area contributed by atoms with Crippen molar-refractivity contribution in [3.63, 3.8) is 0 Å². The normalized spacial score (nSPS) is 19.5. The van der Waals surface area contributed by atoms with Gasteiger partial charge in [0.25, 0.3) is 5.91 Å². The first-order valence-corrected chi connectivity index (χ1v) is 7.52. The molecule has 2 heterocycles. The van der Waals surface area contributed by atoms with Gasteiger partial charge in [0.15, 0.2) is 0 Å². The van der Waals surface area contributed by atoms with Crippen molar-refractivity contribution in [1.29, 1.82) is 0 Å². The predicted molar refractivity (Wildman–Crippen MR) is 73.3 cm³/mol. The highest BCUT2D eigenvalue weighted by Crippen LogP contribution is 2.24. The Balaban J connectivity index is 2.17. The zero-order chi connectivity index (χ0) is 13.8. The molecule has 1 amide bonds. The second-order valence-corrected chi connectivity index (χ2v) is 5.71. The van der Waals surface area contributed by atoms with E-state index in [1.54, 1.807) is 6.92 Å². The molecular formula is C13H19N3O2S. The van der Waals surface area contributed by atoms with Gasteiger partial charge in [-0.15, -0.1) is 5.10 Å². The average molecular weight is 281 g/mol. The summed E-state index contributed by atoms with van der Waals surface area (Å²) >= 11 is 1.16. The Kier molecular flexibility index (Phi) is 4.63. The van der Waals surface area contributed by atoms with Crippen molar-refractivity contribution in [1.82, 2.24) is 14.5 Å². The van der Waals surface area contributed by atoms with Crippen molar-refractivity contribution in [3.8, 4) is 0 Å². The van der Waals surface area contributed by atoms with Gasteiger partial charge in [-0.05, 0) is 44.1 Å². The molecule has 1 aromatic heterocycles. The van der Waals surface area contributed by atoms with E-state index in [0.29, 0.717) is 17.7 Å². The monoisotopic (exact) mass is 281 g/mol. The number of carbonyl (C=O) groups is 2. The molecule has 1 unspecified atom stereocenters. The zero-order valence-electron chi connectivity index (χ0n) is 11.4. The molecule has 1 aliphatic heterocycles. The Hall–Kier alpha value is -1.30. The fourth-order valence-corrected chi connectivity index (χ4v) is 3.25. The first-order chi connectivity index (χ1) is 9.13. The van der Waals surface area contributed by atoms with Crippen molar-refractivity contribution < 1.29 is 9.59 Å². The van der Waals surface area contributed by atoms with Crippen LogP contribution >= 0.6 is 11.5 Å². The summed E-state index contributed by atoms with van der Waals surface area (Å²) in [6.07, 6.45) is 4.18. The topological polar surface area (TPSA) is 63.2 Å². The third-order valence-corrected chi connectivity index (χ3v) is 4.25. The van der Waals surface area contributed by atoms with Crippen LogP contribution in [0.1, 0.15) is 54.9 Å². The second kappa shape index (κ2) is 6.23. The summed E-state index contributed by atoms with van der Waals surface area (Å²) in [6.45, 7) is 4.29. The molecule has 1 aliphatic rings. The third kappa shape index (κ3) is 3.18. The number of ketones is 1. The number of hydrogen-bond donors (Lipinski definition) is 0. The Morgan fingerprint density at radius 1 is 1.42 bits per heavy atom. The summed E-state index contributed by atoms with van der Waals surface area (Å²) in [6, 6.07) is 0.0468. The molecule has 0 N–H and O–H groups in total. The smallest absolute Gasteiger partial charge is 0.267 e. The molecule has 1 atom stereocenters. The van der Waals surface area contributed by atoms with Crippen LogP contribution in [-0.2, 0) is 11.2 Å². The van der Waals surface area contributed by atoms with E-state index < -0.39 is 0 Å². The summed E-state index contributed by atoms with van der Waals surface area (Å²) in [5.74, 6) is 0.139. The van der Waals surface area contributed by atoms with Gasteiger partial charge < -0.3 is 4.90 Å². The van der Waals surface area contributed by atoms with Crippen LogP contribution in [0.5, 0.6) is 0 Å². The Bertz CT molecular complexity index is 472. The van der Waals surface area contributed by atoms with Gasteiger partial charge in [-0.25, -0.2) is 0 Å². The maximum atomic E-state index is 12.6. The molecule has 6 heteroatoms. The number of nitrogens with zero attached hydrogens (tertiary/aromatic N) is 3. The molecule has 0 radical (unpaired) electrons. The summed E-state index contributed by atoms with van der Waals surface area (Å²) in [5.41, 5.74) is 0.766. The van der Waals surface area contributed by atoms with Crippen molar-refractivity contribution in [3.05, 3.63) is 10.6 Å². The minimum Gasteiger partial charge on any atom is -0.334 e. The van der Waals surface area contributed by atoms with E-state index in [1.807, 2.05) is 11.8 Å². The molecule has 0 spiro atoms. The molecule has 0 saturated carbocycles. The number of amides is 1. The van der Waals surface area contributed by atoms with Crippen LogP contribution in [0.15, 0.2) is 0 Å². The first kappa shape index (κ1) is 14.1. The lowest BCUT2D eigenvalue weighted by atomic mass is 9.97. The molecule has 1 aromatic rings. The molecule has 1 fully saturated rings. The number of rotatable bonds is 4. The maximum Gasteiger partial charge on any atom is 0.267 e. The second-order valence-electron chi connectivity index (χ2n) is 4.96. The minimum absolute atomic E-state index is 0.00204. The van der Waals surface area contributed by atoms with E-state index in [4.69, 9.17) is 0 Å². The number of Topliss-reactive ketones (excluding diaryl/α,β-unsaturated/α-hetero) is 1. The highest BCUT2D eigenvalue weighted by molar-refractivity contribution is 7.08. The third-order valence-electron chi connectivity index (χ3n) is 3.50. The number of likely N-dealkylation sites (tertiary alicyclic amines) is 1. The molecular weight excluding hydrogens is 262 g/mol. The van der Waals surface area contributed by atoms with Gasteiger partial charge in [-0.1, -0.05) is 11.4 Å². The van der Waals surface area contributed by atoms with Crippen LogP contribution in [0, 0.1) is 0 Å². The summed E-state index contributed by atoms with van der Waals surface area (Å²) in [7, 11) is 0. The summed E-state index contributed by atoms with van der Waals surface area (Å²) in [5, 5.41) is 3.99. The standard InChI is InChI=1S/C13H19N3O2S/c1-3-11-12(19-15-14-11)13(18)16-7-5-4-6-10(16)8-9(2)17/h10H,3-8H2,1-2H3. The van der Waals surface area contributed by atoms with Crippen LogP contribution in [0.2, 0.25) is 0 Å². The minimum atomic E-state index is -0.00204. The predicted octanol–water partition coefficient (Wildman–Crippen LogP) is 2.07. The molecule has 0 aromatic carbocycles. The molecule has 0 aliphatic carbocycles. The van der Waals surface area contributed by atoms with Crippen LogP contribution in [-0.4, -0.2) is 38.8 Å². The molecule has 0 bridgehead atoms. The van der Waals surface area contributed by atoms with Gasteiger partial charge in [0.05, 0.1) is 5.69 Å². The SMILES string of the molecule is CCc1nnsc1C(=O)N1CCCCC1CC(C)=O. The van der Waals surface area contributed by atoms with Crippen molar-refractivity contribution >= 4 is 23.2 Å². The largest absolute Gasteiger partial charge is 0.334 e. The van der Waals surface area contributed by atoms with Crippen LogP contribution < -0.4 is 0 Å². The fraction of sp³-hybridized carbons (Fsp3) is 0.692. The molecule has 104 valence electrons.